The van der Waals surface area contributed by atoms with Crippen LogP contribution < -0.4 is 0 Å². The van der Waals surface area contributed by atoms with Crippen LogP contribution >= 0.6 is 0 Å². The lowest BCUT2D eigenvalue weighted by Gasteiger charge is -2.21. The first kappa shape index (κ1) is 40.9. The maximum Gasteiger partial charge on any atom is 0.0839 e. The molecule has 0 N–H and O–H groups in total. The molecular formula is C42H76O2. The summed E-state index contributed by atoms with van der Waals surface area (Å²) in [4.78, 5) is 0. The van der Waals surface area contributed by atoms with Gasteiger partial charge in [0.15, 0.2) is 0 Å². The molecule has 0 aromatic heterocycles. The number of unbranched alkanes of at least 4 members (excludes halogenated alkanes) is 18. The molecule has 1 aliphatic carbocycles. The SMILES string of the molecule is CCCCC/C=C\C/C=C\CCCCCCCCO[C@H]1CC(C)C[C@H]1OCCCCCCCC/C=C\C/C=C\CCCCC. The van der Waals surface area contributed by atoms with Gasteiger partial charge in [0.1, 0.15) is 0 Å². The third-order valence-electron chi connectivity index (χ3n) is 9.04. The molecule has 1 saturated carbocycles. The molecule has 1 aliphatic rings. The molecule has 0 bridgehead atoms. The highest BCUT2D eigenvalue weighted by Crippen LogP contribution is 2.30. The van der Waals surface area contributed by atoms with E-state index in [-0.39, 0.29) is 0 Å². The Morgan fingerprint density at radius 2 is 0.727 bits per heavy atom. The zero-order valence-electron chi connectivity index (χ0n) is 30.0. The van der Waals surface area contributed by atoms with Gasteiger partial charge in [-0.25, -0.2) is 0 Å². The van der Waals surface area contributed by atoms with E-state index in [1.165, 1.54) is 154 Å². The van der Waals surface area contributed by atoms with E-state index in [1.807, 2.05) is 0 Å². The predicted octanol–water partition coefficient (Wildman–Crippen LogP) is 13.8. The van der Waals surface area contributed by atoms with Gasteiger partial charge < -0.3 is 9.47 Å². The second-order valence-electron chi connectivity index (χ2n) is 13.6. The molecule has 1 rings (SSSR count). The molecule has 0 amide bonds. The predicted molar refractivity (Wildman–Crippen MR) is 197 cm³/mol. The van der Waals surface area contributed by atoms with Crippen LogP contribution in [-0.4, -0.2) is 25.4 Å². The Bertz CT molecular complexity index is 632. The van der Waals surface area contributed by atoms with E-state index in [1.54, 1.807) is 0 Å². The van der Waals surface area contributed by atoms with Crippen molar-refractivity contribution >= 4 is 0 Å². The van der Waals surface area contributed by atoms with Gasteiger partial charge in [-0.15, -0.1) is 0 Å². The molecule has 256 valence electrons. The lowest BCUT2D eigenvalue weighted by atomic mass is 10.1. The second-order valence-corrected chi connectivity index (χ2v) is 13.6. The number of rotatable bonds is 32. The van der Waals surface area contributed by atoms with Crippen molar-refractivity contribution in [3.63, 3.8) is 0 Å². The zero-order valence-corrected chi connectivity index (χ0v) is 30.0. The van der Waals surface area contributed by atoms with Gasteiger partial charge in [0.25, 0.3) is 0 Å². The Morgan fingerprint density at radius 3 is 1.09 bits per heavy atom. The summed E-state index contributed by atoms with van der Waals surface area (Å²) in [6.45, 7) is 8.72. The van der Waals surface area contributed by atoms with Crippen molar-refractivity contribution in [2.45, 2.75) is 200 Å². The molecular weight excluding hydrogens is 536 g/mol. The number of ether oxygens (including phenoxy) is 2. The topological polar surface area (TPSA) is 18.5 Å². The molecule has 3 atom stereocenters. The van der Waals surface area contributed by atoms with E-state index in [9.17, 15) is 0 Å². The Balaban J connectivity index is 1.90. The minimum Gasteiger partial charge on any atom is -0.376 e. The molecule has 0 aromatic rings. The van der Waals surface area contributed by atoms with Crippen LogP contribution in [0, 0.1) is 5.92 Å². The van der Waals surface area contributed by atoms with Crippen molar-refractivity contribution in [2.75, 3.05) is 13.2 Å². The Morgan fingerprint density at radius 1 is 0.409 bits per heavy atom. The van der Waals surface area contributed by atoms with E-state index in [0.29, 0.717) is 12.2 Å². The average molecular weight is 613 g/mol. The summed E-state index contributed by atoms with van der Waals surface area (Å²) in [5, 5.41) is 0. The first-order valence-electron chi connectivity index (χ1n) is 19.6. The molecule has 2 nitrogen and oxygen atoms in total. The van der Waals surface area contributed by atoms with Crippen molar-refractivity contribution in [2.24, 2.45) is 5.92 Å². The average Bonchev–Trinajstić information content (AvgIpc) is 3.38. The van der Waals surface area contributed by atoms with Crippen LogP contribution in [0.1, 0.15) is 188 Å². The minimum absolute atomic E-state index is 0.326. The quantitative estimate of drug-likeness (QED) is 0.0556. The summed E-state index contributed by atoms with van der Waals surface area (Å²) in [7, 11) is 0. The molecule has 0 radical (unpaired) electrons. The van der Waals surface area contributed by atoms with Gasteiger partial charge in [-0.1, -0.05) is 146 Å². The van der Waals surface area contributed by atoms with E-state index in [0.717, 1.165) is 32.0 Å². The van der Waals surface area contributed by atoms with Gasteiger partial charge in [0, 0.05) is 13.2 Å². The fourth-order valence-corrected chi connectivity index (χ4v) is 6.19. The molecule has 0 aliphatic heterocycles. The fourth-order valence-electron chi connectivity index (χ4n) is 6.19. The summed E-state index contributed by atoms with van der Waals surface area (Å²) in [5.74, 6) is 0.733. The molecule has 44 heavy (non-hydrogen) atoms. The Labute approximate surface area is 276 Å². The number of hydrogen-bond acceptors (Lipinski definition) is 2. The first-order chi connectivity index (χ1) is 21.8. The normalized spacial score (nSPS) is 19.2. The maximum atomic E-state index is 6.34. The van der Waals surface area contributed by atoms with Gasteiger partial charge in [0.05, 0.1) is 12.2 Å². The van der Waals surface area contributed by atoms with Gasteiger partial charge >= 0.3 is 0 Å². The summed E-state index contributed by atoms with van der Waals surface area (Å²) >= 11 is 0. The van der Waals surface area contributed by atoms with Crippen LogP contribution in [0.5, 0.6) is 0 Å². The van der Waals surface area contributed by atoms with Crippen molar-refractivity contribution in [1.29, 1.82) is 0 Å². The molecule has 0 heterocycles. The van der Waals surface area contributed by atoms with Crippen molar-refractivity contribution in [3.05, 3.63) is 48.6 Å². The second kappa shape index (κ2) is 33.2. The fraction of sp³-hybridized carbons (Fsp3) is 0.810. The molecule has 0 saturated heterocycles. The Kier molecular flexibility index (Phi) is 30.9. The third-order valence-corrected chi connectivity index (χ3v) is 9.04. The Hall–Kier alpha value is -1.12. The van der Waals surface area contributed by atoms with E-state index in [2.05, 4.69) is 69.4 Å². The maximum absolute atomic E-state index is 6.34. The molecule has 2 heteroatoms. The molecule has 1 fully saturated rings. The number of hydrogen-bond donors (Lipinski definition) is 0. The monoisotopic (exact) mass is 613 g/mol. The lowest BCUT2D eigenvalue weighted by Crippen LogP contribution is -2.27. The van der Waals surface area contributed by atoms with Crippen LogP contribution in [0.4, 0.5) is 0 Å². The highest BCUT2D eigenvalue weighted by Gasteiger charge is 2.33. The van der Waals surface area contributed by atoms with Crippen molar-refractivity contribution < 1.29 is 9.47 Å². The van der Waals surface area contributed by atoms with E-state index in [4.69, 9.17) is 9.47 Å². The van der Waals surface area contributed by atoms with Gasteiger partial charge in [-0.2, -0.15) is 0 Å². The van der Waals surface area contributed by atoms with Gasteiger partial charge in [-0.3, -0.25) is 0 Å². The van der Waals surface area contributed by atoms with Crippen LogP contribution in [0.25, 0.3) is 0 Å². The summed E-state index contributed by atoms with van der Waals surface area (Å²) in [5.41, 5.74) is 0. The van der Waals surface area contributed by atoms with Crippen LogP contribution in [-0.2, 0) is 9.47 Å². The standard InChI is InChI=1S/C42H76O2/c1-4-6-8-10-12-14-16-18-20-22-24-26-28-30-32-34-36-43-41-38-40(3)39-42(41)44-37-35-33-31-29-27-25-23-21-19-17-15-13-11-9-7-5-2/h12-15,18-21,40-42H,4-11,16-17,22-39H2,1-3H3/b14-12-,15-13-,20-18-,21-19-/t40?,41-,42+. The van der Waals surface area contributed by atoms with Crippen LogP contribution in [0.2, 0.25) is 0 Å². The summed E-state index contributed by atoms with van der Waals surface area (Å²) in [6.07, 6.45) is 52.9. The van der Waals surface area contributed by atoms with Crippen molar-refractivity contribution in [3.8, 4) is 0 Å². The van der Waals surface area contributed by atoms with Crippen molar-refractivity contribution in [1.82, 2.24) is 0 Å². The first-order valence-corrected chi connectivity index (χ1v) is 19.6. The van der Waals surface area contributed by atoms with E-state index < -0.39 is 0 Å². The smallest absolute Gasteiger partial charge is 0.0839 e. The minimum atomic E-state index is 0.326. The molecule has 0 spiro atoms. The highest BCUT2D eigenvalue weighted by atomic mass is 16.5. The van der Waals surface area contributed by atoms with Gasteiger partial charge in [-0.05, 0) is 95.8 Å². The zero-order chi connectivity index (χ0) is 31.6. The van der Waals surface area contributed by atoms with E-state index >= 15 is 0 Å². The van der Waals surface area contributed by atoms with Crippen LogP contribution in [0.15, 0.2) is 48.6 Å². The largest absolute Gasteiger partial charge is 0.376 e. The lowest BCUT2D eigenvalue weighted by molar-refractivity contribution is -0.0578. The molecule has 1 unspecified atom stereocenters. The number of allylic oxidation sites excluding steroid dienone is 8. The van der Waals surface area contributed by atoms with Gasteiger partial charge in [0.2, 0.25) is 0 Å². The molecule has 0 aromatic carbocycles. The summed E-state index contributed by atoms with van der Waals surface area (Å²) < 4.78 is 12.7. The van der Waals surface area contributed by atoms with Crippen LogP contribution in [0.3, 0.4) is 0 Å². The highest BCUT2D eigenvalue weighted by molar-refractivity contribution is 4.93. The summed E-state index contributed by atoms with van der Waals surface area (Å²) in [6, 6.07) is 0. The third kappa shape index (κ3) is 27.2.